The van der Waals surface area contributed by atoms with Crippen molar-refractivity contribution in [2.24, 2.45) is 0 Å². The summed E-state index contributed by atoms with van der Waals surface area (Å²) in [6.45, 7) is 8.69. The van der Waals surface area contributed by atoms with Gasteiger partial charge >= 0.3 is 0 Å². The average Bonchev–Trinajstić information content (AvgIpc) is 4.24. The standard InChI is InChI=1S/C78H61N3/c1-5-21-64(53(4)79-71(22-6-2)52(3)63-23-7-14-30-72(63)79)57-43-37-54(38-44-57)60-49-61(55-39-45-58(46-40-55)65-24-8-15-31-73(65)80-75-33-17-10-26-67(75)68-27-11-18-34-76(68)80)51-62(50-60)56-41-47-59(48-42-56)66-25-9-16-32-74(66)81-77-35-19-12-28-69(77)70-29-13-20-36-78(70)81/h5-19,21-35,37-51H,20,36H2,1-4H3/b21-5-,22-6-,64-53-. The molecule has 13 aromatic rings. The topological polar surface area (TPSA) is 14.8 Å². The lowest BCUT2D eigenvalue weighted by Crippen LogP contribution is -2.04. The minimum Gasteiger partial charge on any atom is -0.313 e. The molecule has 3 heteroatoms. The minimum atomic E-state index is 1.02. The number of nitrogens with zero attached hydrogens (tertiary/aromatic N) is 3. The van der Waals surface area contributed by atoms with Gasteiger partial charge in [-0.25, -0.2) is 0 Å². The molecule has 3 heterocycles. The smallest absolute Gasteiger partial charge is 0.0541 e. The molecule has 0 N–H and O–H groups in total. The fraction of sp³-hybridized carbons (Fsp3) is 0.0769. The Morgan fingerprint density at radius 2 is 0.864 bits per heavy atom. The van der Waals surface area contributed by atoms with Gasteiger partial charge in [-0.2, -0.15) is 0 Å². The molecule has 1 aliphatic carbocycles. The summed E-state index contributed by atoms with van der Waals surface area (Å²) in [6, 6.07) is 87.6. The fourth-order valence-corrected chi connectivity index (χ4v) is 13.0. The normalized spacial score (nSPS) is 12.9. The molecule has 0 aliphatic heterocycles. The molecule has 0 atom stereocenters. The molecular weight excluding hydrogens is 979 g/mol. The van der Waals surface area contributed by atoms with E-state index in [1.165, 1.54) is 133 Å². The van der Waals surface area contributed by atoms with Crippen LogP contribution in [0.4, 0.5) is 0 Å². The van der Waals surface area contributed by atoms with Crippen molar-refractivity contribution in [3.63, 3.8) is 0 Å². The number of hydrogen-bond donors (Lipinski definition) is 0. The summed E-state index contributed by atoms with van der Waals surface area (Å²) in [5.74, 6) is 0. The van der Waals surface area contributed by atoms with E-state index in [-0.39, 0.29) is 0 Å². The SMILES string of the molecule is C/C=C\C(=C(/C)n1c(/C=C\C)c(C)c2ccccc21)c1ccc(-c2cc(-c3ccc(-c4ccccc4-n4c5c(c6ccccc64)C=CCC5)cc3)cc(-c3ccc(-c4ccccc4-n4c5ccccc5c5ccccc54)cc3)c2)cc1. The lowest BCUT2D eigenvalue weighted by Gasteiger charge is -2.18. The first-order chi connectivity index (χ1) is 39.9. The highest BCUT2D eigenvalue weighted by molar-refractivity contribution is 6.10. The van der Waals surface area contributed by atoms with E-state index in [4.69, 9.17) is 0 Å². The van der Waals surface area contributed by atoms with E-state index in [2.05, 4.69) is 314 Å². The number of allylic oxidation sites excluding steroid dienone is 6. The van der Waals surface area contributed by atoms with Gasteiger partial charge in [0.05, 0.1) is 33.4 Å². The minimum absolute atomic E-state index is 1.02. The largest absolute Gasteiger partial charge is 0.313 e. The Morgan fingerprint density at radius 3 is 1.41 bits per heavy atom. The Bertz CT molecular complexity index is 4640. The molecule has 0 bridgehead atoms. The van der Waals surface area contributed by atoms with Gasteiger partial charge in [0.15, 0.2) is 0 Å². The van der Waals surface area contributed by atoms with Crippen molar-refractivity contribution in [3.8, 4) is 67.0 Å². The van der Waals surface area contributed by atoms with Gasteiger partial charge in [0, 0.05) is 60.9 Å². The number of rotatable bonds is 11. The van der Waals surface area contributed by atoms with Crippen LogP contribution in [0.5, 0.6) is 0 Å². The van der Waals surface area contributed by atoms with Crippen molar-refractivity contribution in [2.75, 3.05) is 0 Å². The zero-order valence-corrected chi connectivity index (χ0v) is 46.2. The quantitative estimate of drug-likeness (QED) is 0.115. The summed E-state index contributed by atoms with van der Waals surface area (Å²) in [4.78, 5) is 0. The second kappa shape index (κ2) is 20.7. The number of aromatic nitrogens is 3. The zero-order valence-electron chi connectivity index (χ0n) is 46.2. The molecule has 81 heavy (non-hydrogen) atoms. The van der Waals surface area contributed by atoms with Gasteiger partial charge < -0.3 is 13.7 Å². The monoisotopic (exact) mass is 1040 g/mol. The second-order valence-corrected chi connectivity index (χ2v) is 21.5. The first-order valence-electron chi connectivity index (χ1n) is 28.5. The molecule has 14 rings (SSSR count). The van der Waals surface area contributed by atoms with Gasteiger partial charge in [-0.3, -0.25) is 0 Å². The Hall–Kier alpha value is -9.96. The van der Waals surface area contributed by atoms with Crippen molar-refractivity contribution in [2.45, 2.75) is 40.5 Å². The summed E-state index contributed by atoms with van der Waals surface area (Å²) in [5, 5.41) is 5.10. The number of aryl methyl sites for hydroxylation is 1. The summed E-state index contributed by atoms with van der Waals surface area (Å²) in [5.41, 5.74) is 27.8. The molecule has 3 nitrogen and oxygen atoms in total. The van der Waals surface area contributed by atoms with Gasteiger partial charge in [0.2, 0.25) is 0 Å². The lowest BCUT2D eigenvalue weighted by molar-refractivity contribution is 0.889. The highest BCUT2D eigenvalue weighted by Gasteiger charge is 2.22. The van der Waals surface area contributed by atoms with Crippen LogP contribution in [0.3, 0.4) is 0 Å². The van der Waals surface area contributed by atoms with Gasteiger partial charge in [-0.1, -0.05) is 212 Å². The first kappa shape index (κ1) is 49.3. The van der Waals surface area contributed by atoms with Crippen molar-refractivity contribution < 1.29 is 0 Å². The van der Waals surface area contributed by atoms with E-state index in [0.717, 1.165) is 29.7 Å². The molecule has 0 spiro atoms. The van der Waals surface area contributed by atoms with Gasteiger partial charge in [0.25, 0.3) is 0 Å². The number of hydrogen-bond acceptors (Lipinski definition) is 0. The van der Waals surface area contributed by atoms with Crippen molar-refractivity contribution in [1.82, 2.24) is 13.7 Å². The number of para-hydroxylation sites is 6. The van der Waals surface area contributed by atoms with Crippen molar-refractivity contribution >= 4 is 67.0 Å². The molecule has 388 valence electrons. The summed E-state index contributed by atoms with van der Waals surface area (Å²) >= 11 is 0. The van der Waals surface area contributed by atoms with Crippen LogP contribution in [-0.2, 0) is 6.42 Å². The maximum Gasteiger partial charge on any atom is 0.0541 e. The number of benzene rings is 10. The van der Waals surface area contributed by atoms with Gasteiger partial charge in [0.1, 0.15) is 0 Å². The third kappa shape index (κ3) is 8.52. The van der Waals surface area contributed by atoms with E-state index < -0.39 is 0 Å². The molecule has 1 aliphatic rings. The average molecular weight is 1040 g/mol. The molecular formula is C78H61N3. The number of fused-ring (bicyclic) bond motifs is 7. The summed E-state index contributed by atoms with van der Waals surface area (Å²) < 4.78 is 7.36. The molecule has 0 saturated heterocycles. The van der Waals surface area contributed by atoms with Crippen LogP contribution in [0.1, 0.15) is 55.3 Å². The van der Waals surface area contributed by atoms with Crippen LogP contribution in [0.25, 0.3) is 134 Å². The maximum atomic E-state index is 2.51. The van der Waals surface area contributed by atoms with E-state index in [9.17, 15) is 0 Å². The van der Waals surface area contributed by atoms with Crippen molar-refractivity contribution in [1.29, 1.82) is 0 Å². The molecule has 10 aromatic carbocycles. The molecule has 3 aromatic heterocycles. The molecule has 0 amide bonds. The van der Waals surface area contributed by atoms with Crippen LogP contribution >= 0.6 is 0 Å². The van der Waals surface area contributed by atoms with Crippen LogP contribution < -0.4 is 0 Å². The van der Waals surface area contributed by atoms with Crippen LogP contribution in [0.15, 0.2) is 261 Å². The summed E-state index contributed by atoms with van der Waals surface area (Å²) in [6.07, 6.45) is 15.5. The van der Waals surface area contributed by atoms with Crippen molar-refractivity contribution in [3.05, 3.63) is 289 Å². The van der Waals surface area contributed by atoms with E-state index in [1.54, 1.807) is 0 Å². The lowest BCUT2D eigenvalue weighted by atomic mass is 9.91. The Morgan fingerprint density at radius 1 is 0.420 bits per heavy atom. The third-order valence-corrected chi connectivity index (χ3v) is 16.8. The fourth-order valence-electron chi connectivity index (χ4n) is 13.0. The Labute approximate surface area is 474 Å². The highest BCUT2D eigenvalue weighted by Crippen LogP contribution is 2.42. The third-order valence-electron chi connectivity index (χ3n) is 16.8. The molecule has 0 fully saturated rings. The van der Waals surface area contributed by atoms with Crippen LogP contribution in [0.2, 0.25) is 0 Å². The molecule has 0 radical (unpaired) electrons. The second-order valence-electron chi connectivity index (χ2n) is 21.5. The van der Waals surface area contributed by atoms with Gasteiger partial charge in [-0.15, -0.1) is 0 Å². The Balaban J connectivity index is 0.870. The zero-order chi connectivity index (χ0) is 54.6. The van der Waals surface area contributed by atoms with Crippen LogP contribution in [-0.4, -0.2) is 13.7 Å². The highest BCUT2D eigenvalue weighted by atomic mass is 15.0. The van der Waals surface area contributed by atoms with E-state index in [0.29, 0.717) is 0 Å². The predicted molar refractivity (Wildman–Crippen MR) is 347 cm³/mol. The van der Waals surface area contributed by atoms with Crippen LogP contribution in [0, 0.1) is 6.92 Å². The Kier molecular flexibility index (Phi) is 12.6. The van der Waals surface area contributed by atoms with Gasteiger partial charge in [-0.05, 0) is 157 Å². The molecule has 0 saturated carbocycles. The summed E-state index contributed by atoms with van der Waals surface area (Å²) in [7, 11) is 0. The predicted octanol–water partition coefficient (Wildman–Crippen LogP) is 21.3. The van der Waals surface area contributed by atoms with E-state index in [1.807, 2.05) is 0 Å². The first-order valence-corrected chi connectivity index (χ1v) is 28.5. The van der Waals surface area contributed by atoms with E-state index >= 15 is 0 Å². The molecule has 0 unspecified atom stereocenters. The maximum absolute atomic E-state index is 2.51.